The highest BCUT2D eigenvalue weighted by molar-refractivity contribution is 5.57. The molecule has 0 radical (unpaired) electrons. The molecule has 0 N–H and O–H groups in total. The van der Waals surface area contributed by atoms with Gasteiger partial charge in [0.15, 0.2) is 5.76 Å². The van der Waals surface area contributed by atoms with Crippen LogP contribution in [0.2, 0.25) is 0 Å². The van der Waals surface area contributed by atoms with Crippen LogP contribution in [0.1, 0.15) is 36.8 Å². The standard InChI is InChI=1S/C16H17N5O2/c1-21(16-19-18-15(22-16)12-3-2-4-12)10-13-9-14(20-23-13)11-5-7-17-8-6-11/h5-9,12H,2-4,10H2,1H3. The van der Waals surface area contributed by atoms with Crippen molar-refractivity contribution in [2.45, 2.75) is 31.7 Å². The lowest BCUT2D eigenvalue weighted by molar-refractivity contribution is 0.334. The Kier molecular flexibility index (Phi) is 3.53. The molecule has 1 fully saturated rings. The van der Waals surface area contributed by atoms with Gasteiger partial charge in [0.1, 0.15) is 5.69 Å². The Labute approximate surface area is 133 Å². The van der Waals surface area contributed by atoms with Crippen molar-refractivity contribution >= 4 is 6.01 Å². The lowest BCUT2D eigenvalue weighted by atomic mass is 9.85. The molecule has 7 heteroatoms. The second-order valence-electron chi connectivity index (χ2n) is 5.82. The molecule has 1 saturated carbocycles. The van der Waals surface area contributed by atoms with E-state index < -0.39 is 0 Å². The van der Waals surface area contributed by atoms with Gasteiger partial charge in [0.25, 0.3) is 0 Å². The van der Waals surface area contributed by atoms with Gasteiger partial charge in [-0.05, 0) is 25.0 Å². The zero-order valence-corrected chi connectivity index (χ0v) is 12.8. The van der Waals surface area contributed by atoms with E-state index in [9.17, 15) is 0 Å². The molecule has 23 heavy (non-hydrogen) atoms. The van der Waals surface area contributed by atoms with Crippen LogP contribution >= 0.6 is 0 Å². The average molecular weight is 311 g/mol. The molecule has 3 heterocycles. The van der Waals surface area contributed by atoms with Gasteiger partial charge in [-0.3, -0.25) is 4.98 Å². The molecular weight excluding hydrogens is 294 g/mol. The Bertz CT molecular complexity index is 779. The molecule has 0 unspecified atom stereocenters. The fourth-order valence-electron chi connectivity index (χ4n) is 2.55. The molecule has 1 aliphatic carbocycles. The van der Waals surface area contributed by atoms with Gasteiger partial charge in [0.05, 0.1) is 6.54 Å². The first-order valence-corrected chi connectivity index (χ1v) is 7.70. The number of nitrogens with zero attached hydrogens (tertiary/aromatic N) is 5. The van der Waals surface area contributed by atoms with Crippen molar-refractivity contribution in [3.8, 4) is 11.3 Å². The van der Waals surface area contributed by atoms with Crippen LogP contribution < -0.4 is 4.90 Å². The van der Waals surface area contributed by atoms with Gasteiger partial charge in [0, 0.05) is 37.0 Å². The van der Waals surface area contributed by atoms with Gasteiger partial charge in [-0.1, -0.05) is 16.7 Å². The Morgan fingerprint density at radius 1 is 1.22 bits per heavy atom. The summed E-state index contributed by atoms with van der Waals surface area (Å²) in [5.74, 6) is 1.92. The second kappa shape index (κ2) is 5.83. The molecule has 0 spiro atoms. The number of aromatic nitrogens is 4. The van der Waals surface area contributed by atoms with E-state index in [-0.39, 0.29) is 0 Å². The number of hydrogen-bond donors (Lipinski definition) is 0. The van der Waals surface area contributed by atoms with Crippen LogP contribution in [0.4, 0.5) is 6.01 Å². The fourth-order valence-corrected chi connectivity index (χ4v) is 2.55. The molecule has 0 saturated heterocycles. The monoisotopic (exact) mass is 311 g/mol. The van der Waals surface area contributed by atoms with E-state index in [1.807, 2.05) is 30.1 Å². The third-order valence-corrected chi connectivity index (χ3v) is 4.14. The lowest BCUT2D eigenvalue weighted by Crippen LogP contribution is -2.16. The van der Waals surface area contributed by atoms with E-state index in [0.29, 0.717) is 18.5 Å². The van der Waals surface area contributed by atoms with E-state index in [0.717, 1.165) is 35.7 Å². The molecule has 0 amide bonds. The van der Waals surface area contributed by atoms with Crippen molar-refractivity contribution in [2.24, 2.45) is 0 Å². The maximum absolute atomic E-state index is 5.75. The van der Waals surface area contributed by atoms with Crippen molar-refractivity contribution in [2.75, 3.05) is 11.9 Å². The molecule has 0 bridgehead atoms. The maximum atomic E-state index is 5.75. The van der Waals surface area contributed by atoms with E-state index in [4.69, 9.17) is 8.94 Å². The number of rotatable bonds is 5. The molecule has 0 atom stereocenters. The predicted octanol–water partition coefficient (Wildman–Crippen LogP) is 3.02. The summed E-state index contributed by atoms with van der Waals surface area (Å²) in [6.07, 6.45) is 6.99. The highest BCUT2D eigenvalue weighted by Crippen LogP contribution is 2.36. The van der Waals surface area contributed by atoms with Crippen LogP contribution in [-0.4, -0.2) is 27.4 Å². The smallest absolute Gasteiger partial charge is 0.318 e. The quantitative estimate of drug-likeness (QED) is 0.716. The first kappa shape index (κ1) is 13.9. The molecule has 3 aromatic rings. The average Bonchev–Trinajstić information content (AvgIpc) is 3.16. The first-order chi connectivity index (χ1) is 11.3. The number of anilines is 1. The summed E-state index contributed by atoms with van der Waals surface area (Å²) in [7, 11) is 1.90. The Morgan fingerprint density at radius 3 is 2.78 bits per heavy atom. The second-order valence-corrected chi connectivity index (χ2v) is 5.82. The largest absolute Gasteiger partial charge is 0.408 e. The Hall–Kier alpha value is -2.70. The summed E-state index contributed by atoms with van der Waals surface area (Å²) >= 11 is 0. The topological polar surface area (TPSA) is 81.1 Å². The van der Waals surface area contributed by atoms with Crippen LogP contribution in [0.15, 0.2) is 39.5 Å². The highest BCUT2D eigenvalue weighted by Gasteiger charge is 2.26. The molecule has 7 nitrogen and oxygen atoms in total. The summed E-state index contributed by atoms with van der Waals surface area (Å²) < 4.78 is 11.1. The summed E-state index contributed by atoms with van der Waals surface area (Å²) in [6, 6.07) is 6.21. The van der Waals surface area contributed by atoms with Gasteiger partial charge < -0.3 is 13.8 Å². The van der Waals surface area contributed by atoms with Crippen molar-refractivity contribution < 1.29 is 8.94 Å². The van der Waals surface area contributed by atoms with Gasteiger partial charge in [-0.15, -0.1) is 5.10 Å². The zero-order chi connectivity index (χ0) is 15.6. The van der Waals surface area contributed by atoms with Crippen molar-refractivity contribution in [1.29, 1.82) is 0 Å². The predicted molar refractivity (Wildman–Crippen MR) is 82.7 cm³/mol. The van der Waals surface area contributed by atoms with Crippen molar-refractivity contribution in [3.63, 3.8) is 0 Å². The van der Waals surface area contributed by atoms with Gasteiger partial charge >= 0.3 is 6.01 Å². The molecule has 3 aromatic heterocycles. The zero-order valence-electron chi connectivity index (χ0n) is 12.8. The number of pyridine rings is 1. The number of hydrogen-bond acceptors (Lipinski definition) is 7. The maximum Gasteiger partial charge on any atom is 0.318 e. The van der Waals surface area contributed by atoms with Crippen molar-refractivity contribution in [1.82, 2.24) is 20.3 Å². The van der Waals surface area contributed by atoms with E-state index in [1.54, 1.807) is 12.4 Å². The third kappa shape index (κ3) is 2.81. The molecular formula is C16H17N5O2. The summed E-state index contributed by atoms with van der Waals surface area (Å²) in [5, 5.41) is 12.4. The highest BCUT2D eigenvalue weighted by atomic mass is 16.5. The van der Waals surface area contributed by atoms with E-state index in [2.05, 4.69) is 20.3 Å². The van der Waals surface area contributed by atoms with E-state index >= 15 is 0 Å². The lowest BCUT2D eigenvalue weighted by Gasteiger charge is -2.21. The summed E-state index contributed by atoms with van der Waals surface area (Å²) in [4.78, 5) is 5.87. The Morgan fingerprint density at radius 2 is 2.04 bits per heavy atom. The molecule has 118 valence electrons. The van der Waals surface area contributed by atoms with Crippen LogP contribution in [-0.2, 0) is 6.54 Å². The van der Waals surface area contributed by atoms with Crippen LogP contribution in [0.25, 0.3) is 11.3 Å². The van der Waals surface area contributed by atoms with Crippen LogP contribution in [0.3, 0.4) is 0 Å². The van der Waals surface area contributed by atoms with Gasteiger partial charge in [-0.2, -0.15) is 0 Å². The first-order valence-electron chi connectivity index (χ1n) is 7.70. The van der Waals surface area contributed by atoms with Crippen molar-refractivity contribution in [3.05, 3.63) is 42.2 Å². The Balaban J connectivity index is 1.45. The molecule has 0 aromatic carbocycles. The molecule has 1 aliphatic rings. The van der Waals surface area contributed by atoms with Crippen LogP contribution in [0, 0.1) is 0 Å². The molecule has 4 rings (SSSR count). The third-order valence-electron chi connectivity index (χ3n) is 4.14. The summed E-state index contributed by atoms with van der Waals surface area (Å²) in [5.41, 5.74) is 1.76. The van der Waals surface area contributed by atoms with E-state index in [1.165, 1.54) is 6.42 Å². The summed E-state index contributed by atoms with van der Waals surface area (Å²) in [6.45, 7) is 0.518. The minimum atomic E-state index is 0.438. The minimum absolute atomic E-state index is 0.438. The molecule has 0 aliphatic heterocycles. The minimum Gasteiger partial charge on any atom is -0.408 e. The van der Waals surface area contributed by atoms with Gasteiger partial charge in [-0.25, -0.2) is 0 Å². The van der Waals surface area contributed by atoms with Gasteiger partial charge in [0.2, 0.25) is 5.89 Å². The van der Waals surface area contributed by atoms with Crippen LogP contribution in [0.5, 0.6) is 0 Å². The fraction of sp³-hybridized carbons (Fsp3) is 0.375. The SMILES string of the molecule is CN(Cc1cc(-c2ccncc2)no1)c1nnc(C2CCC2)o1. The normalized spacial score (nSPS) is 14.7.